The second-order valence-electron chi connectivity index (χ2n) is 12.0. The van der Waals surface area contributed by atoms with Gasteiger partial charge in [-0.15, -0.1) is 0 Å². The van der Waals surface area contributed by atoms with Gasteiger partial charge in [0.1, 0.15) is 0 Å². The van der Waals surface area contributed by atoms with Crippen LogP contribution in [0.15, 0.2) is 121 Å². The summed E-state index contributed by atoms with van der Waals surface area (Å²) in [7, 11) is 2.13. The van der Waals surface area contributed by atoms with Crippen molar-refractivity contribution >= 4 is 0 Å². The van der Waals surface area contributed by atoms with Crippen LogP contribution in [0.2, 0.25) is 0 Å². The maximum absolute atomic E-state index is 6.46. The maximum atomic E-state index is 6.46. The van der Waals surface area contributed by atoms with E-state index < -0.39 is 6.29 Å². The minimum atomic E-state index is -0.580. The predicted octanol–water partition coefficient (Wildman–Crippen LogP) is 7.47. The number of hydrogen-bond donors (Lipinski definition) is 0. The highest BCUT2D eigenvalue weighted by atomic mass is 16.7. The van der Waals surface area contributed by atoms with Crippen molar-refractivity contribution in [2.75, 3.05) is 40.0 Å². The van der Waals surface area contributed by atoms with Crippen LogP contribution in [0.1, 0.15) is 30.2 Å². The van der Waals surface area contributed by atoms with Gasteiger partial charge in [0.05, 0.1) is 37.8 Å². The van der Waals surface area contributed by atoms with Gasteiger partial charge in [0, 0.05) is 36.2 Å². The van der Waals surface area contributed by atoms with E-state index in [1.807, 2.05) is 24.3 Å². The monoisotopic (exact) mass is 587 g/mol. The minimum Gasteiger partial charge on any atom is -0.379 e. The first-order valence-corrected chi connectivity index (χ1v) is 15.4. The van der Waals surface area contributed by atoms with Gasteiger partial charge in [-0.1, -0.05) is 128 Å². The van der Waals surface area contributed by atoms with Crippen LogP contribution in [0.25, 0.3) is 22.5 Å². The number of aromatic nitrogens is 2. The molecule has 1 saturated heterocycles. The Hall–Kier alpha value is -4.07. The van der Waals surface area contributed by atoms with Gasteiger partial charge in [-0.05, 0) is 18.2 Å². The van der Waals surface area contributed by atoms with Crippen molar-refractivity contribution in [3.05, 3.63) is 138 Å². The average molecular weight is 588 g/mol. The normalized spacial score (nSPS) is 18.5. The predicted molar refractivity (Wildman–Crippen MR) is 175 cm³/mol. The van der Waals surface area contributed by atoms with Crippen molar-refractivity contribution in [1.29, 1.82) is 0 Å². The molecule has 226 valence electrons. The van der Waals surface area contributed by atoms with E-state index in [4.69, 9.17) is 19.2 Å². The molecule has 0 bridgehead atoms. The molecule has 1 aliphatic rings. The summed E-state index contributed by atoms with van der Waals surface area (Å²) in [5.41, 5.74) is 6.40. The molecule has 1 fully saturated rings. The van der Waals surface area contributed by atoms with Crippen LogP contribution in [0.4, 0.5) is 0 Å². The lowest BCUT2D eigenvalue weighted by Crippen LogP contribution is -2.41. The Labute approximate surface area is 260 Å². The lowest BCUT2D eigenvalue weighted by atomic mass is 9.93. The summed E-state index contributed by atoms with van der Waals surface area (Å²) in [6.07, 6.45) is -0.580. The Morgan fingerprint density at radius 3 is 1.93 bits per heavy atom. The minimum absolute atomic E-state index is 0.240. The standard InChI is InChI=1S/C38H41N3O3/c1-38(27-42-24-23-40(2)25-30-15-7-3-8-16-30)28-43-37(44-29-38)36-39-34(32-19-11-5-12-20-32)35(33-21-13-6-14-22-33)41(36)26-31-17-9-4-10-18-31/h3-22,37H,23-29H2,1-2H3. The van der Waals surface area contributed by atoms with Crippen LogP contribution in [0.3, 0.4) is 0 Å². The number of hydrogen-bond acceptors (Lipinski definition) is 5. The highest BCUT2D eigenvalue weighted by molar-refractivity contribution is 5.79. The van der Waals surface area contributed by atoms with E-state index in [0.29, 0.717) is 33.0 Å². The van der Waals surface area contributed by atoms with Gasteiger partial charge in [0.15, 0.2) is 5.82 Å². The summed E-state index contributed by atoms with van der Waals surface area (Å²) >= 11 is 0. The zero-order chi connectivity index (χ0) is 30.2. The fraction of sp³-hybridized carbons (Fsp3) is 0.289. The first-order chi connectivity index (χ1) is 21.6. The number of nitrogens with zero attached hydrogens (tertiary/aromatic N) is 3. The summed E-state index contributed by atoms with van der Waals surface area (Å²) in [4.78, 5) is 7.51. The maximum Gasteiger partial charge on any atom is 0.217 e. The van der Waals surface area contributed by atoms with Crippen molar-refractivity contribution in [2.24, 2.45) is 5.41 Å². The van der Waals surface area contributed by atoms with Crippen LogP contribution in [0, 0.1) is 5.41 Å². The summed E-state index contributed by atoms with van der Waals surface area (Å²) in [5.74, 6) is 0.775. The second kappa shape index (κ2) is 14.1. The number of benzene rings is 4. The highest BCUT2D eigenvalue weighted by Gasteiger charge is 2.37. The van der Waals surface area contributed by atoms with Crippen LogP contribution >= 0.6 is 0 Å². The molecule has 6 heteroatoms. The van der Waals surface area contributed by atoms with Crippen LogP contribution in [-0.4, -0.2) is 54.5 Å². The van der Waals surface area contributed by atoms with Gasteiger partial charge < -0.3 is 18.8 Å². The fourth-order valence-electron chi connectivity index (χ4n) is 5.65. The number of imidazole rings is 1. The zero-order valence-corrected chi connectivity index (χ0v) is 25.6. The molecule has 0 aliphatic carbocycles. The van der Waals surface area contributed by atoms with Crippen molar-refractivity contribution in [3.63, 3.8) is 0 Å². The lowest BCUT2D eigenvalue weighted by Gasteiger charge is -2.37. The van der Waals surface area contributed by atoms with E-state index in [1.165, 1.54) is 11.1 Å². The van der Waals surface area contributed by atoms with E-state index in [2.05, 4.69) is 121 Å². The molecule has 0 spiro atoms. The smallest absolute Gasteiger partial charge is 0.217 e. The average Bonchev–Trinajstić information content (AvgIpc) is 3.44. The van der Waals surface area contributed by atoms with Crippen LogP contribution in [0.5, 0.6) is 0 Å². The second-order valence-corrected chi connectivity index (χ2v) is 12.0. The van der Waals surface area contributed by atoms with Gasteiger partial charge in [-0.25, -0.2) is 4.98 Å². The summed E-state index contributed by atoms with van der Waals surface area (Å²) in [6, 6.07) is 41.8. The van der Waals surface area contributed by atoms with E-state index in [9.17, 15) is 0 Å². The molecule has 6 rings (SSSR count). The Balaban J connectivity index is 1.18. The van der Waals surface area contributed by atoms with Crippen molar-refractivity contribution in [3.8, 4) is 22.5 Å². The fourth-order valence-corrected chi connectivity index (χ4v) is 5.65. The molecule has 0 N–H and O–H groups in total. The zero-order valence-electron chi connectivity index (χ0n) is 25.6. The Morgan fingerprint density at radius 1 is 0.773 bits per heavy atom. The van der Waals surface area contributed by atoms with Gasteiger partial charge in [0.25, 0.3) is 0 Å². The van der Waals surface area contributed by atoms with Gasteiger partial charge >= 0.3 is 0 Å². The molecule has 4 aromatic carbocycles. The first-order valence-electron chi connectivity index (χ1n) is 15.4. The third-order valence-corrected chi connectivity index (χ3v) is 8.02. The molecule has 0 saturated carbocycles. The molecular weight excluding hydrogens is 546 g/mol. The molecule has 0 amide bonds. The SMILES string of the molecule is CN(CCOCC1(C)COC(c2nc(-c3ccccc3)c(-c3ccccc3)n2Cc2ccccc2)OC1)Cc1ccccc1. The molecule has 1 aliphatic heterocycles. The first kappa shape index (κ1) is 30.0. The lowest BCUT2D eigenvalue weighted by molar-refractivity contribution is -0.243. The Bertz CT molecular complexity index is 1580. The van der Waals surface area contributed by atoms with E-state index in [1.54, 1.807) is 0 Å². The van der Waals surface area contributed by atoms with Gasteiger partial charge in [-0.3, -0.25) is 4.90 Å². The molecular formula is C38H41N3O3. The number of rotatable bonds is 12. The Morgan fingerprint density at radius 2 is 1.32 bits per heavy atom. The van der Waals surface area contributed by atoms with Gasteiger partial charge in [-0.2, -0.15) is 0 Å². The molecule has 44 heavy (non-hydrogen) atoms. The van der Waals surface area contributed by atoms with Crippen molar-refractivity contribution in [1.82, 2.24) is 14.5 Å². The number of ether oxygens (including phenoxy) is 3. The van der Waals surface area contributed by atoms with Crippen molar-refractivity contribution < 1.29 is 14.2 Å². The molecule has 0 atom stereocenters. The van der Waals surface area contributed by atoms with E-state index >= 15 is 0 Å². The highest BCUT2D eigenvalue weighted by Crippen LogP contribution is 2.38. The number of likely N-dealkylation sites (N-methyl/N-ethyl adjacent to an activating group) is 1. The summed E-state index contributed by atoms with van der Waals surface area (Å²) in [5, 5.41) is 0. The molecule has 2 heterocycles. The molecule has 5 aromatic rings. The third-order valence-electron chi connectivity index (χ3n) is 8.02. The molecule has 0 radical (unpaired) electrons. The molecule has 6 nitrogen and oxygen atoms in total. The van der Waals surface area contributed by atoms with Gasteiger partial charge in [0.2, 0.25) is 6.29 Å². The quantitative estimate of drug-likeness (QED) is 0.142. The van der Waals surface area contributed by atoms with Crippen LogP contribution < -0.4 is 0 Å². The summed E-state index contributed by atoms with van der Waals surface area (Å²) in [6.45, 7) is 6.86. The van der Waals surface area contributed by atoms with Crippen molar-refractivity contribution in [2.45, 2.75) is 26.3 Å². The molecule has 0 unspecified atom stereocenters. The van der Waals surface area contributed by atoms with Crippen LogP contribution in [-0.2, 0) is 27.3 Å². The largest absolute Gasteiger partial charge is 0.379 e. The molecule has 1 aromatic heterocycles. The van der Waals surface area contributed by atoms with E-state index in [-0.39, 0.29) is 5.41 Å². The Kier molecular flexibility index (Phi) is 9.64. The topological polar surface area (TPSA) is 48.8 Å². The summed E-state index contributed by atoms with van der Waals surface area (Å²) < 4.78 is 21.3. The van der Waals surface area contributed by atoms with E-state index in [0.717, 1.165) is 41.4 Å². The third kappa shape index (κ3) is 7.34.